The zero-order chi connectivity index (χ0) is 21.9. The van der Waals surface area contributed by atoms with Gasteiger partial charge in [-0.2, -0.15) is 0 Å². The summed E-state index contributed by atoms with van der Waals surface area (Å²) in [5, 5.41) is 0.727. The Bertz CT molecular complexity index is 1420. The standard InChI is InChI=1S/C27H23N3OS/c1-19-9-8-12-21(15-19)18-32-27-29-24-23(22-13-6-3-7-14-22)16-28-25(24)26(31)30(27)17-20-10-4-2-5-11-20/h2-16,28H,17-18H2,1H3. The smallest absolute Gasteiger partial charge is 0.278 e. The Morgan fingerprint density at radius 1 is 0.906 bits per heavy atom. The van der Waals surface area contributed by atoms with Crippen LogP contribution in [0.15, 0.2) is 101 Å². The predicted octanol–water partition coefficient (Wildman–Crippen LogP) is 6.04. The molecule has 0 spiro atoms. The highest BCUT2D eigenvalue weighted by molar-refractivity contribution is 7.98. The van der Waals surface area contributed by atoms with E-state index in [-0.39, 0.29) is 5.56 Å². The number of fused-ring (bicyclic) bond motifs is 1. The molecule has 32 heavy (non-hydrogen) atoms. The van der Waals surface area contributed by atoms with Gasteiger partial charge >= 0.3 is 0 Å². The van der Waals surface area contributed by atoms with E-state index in [1.807, 2.05) is 66.9 Å². The maximum Gasteiger partial charge on any atom is 0.278 e. The molecule has 0 aliphatic heterocycles. The SMILES string of the molecule is Cc1cccc(CSc2nc3c(-c4ccccc4)c[nH]c3c(=O)n2Cc2ccccc2)c1. The van der Waals surface area contributed by atoms with Crippen LogP contribution in [0.2, 0.25) is 0 Å². The van der Waals surface area contributed by atoms with E-state index in [9.17, 15) is 4.79 Å². The van der Waals surface area contributed by atoms with Gasteiger partial charge in [-0.1, -0.05) is 102 Å². The number of nitrogens with one attached hydrogen (secondary N) is 1. The summed E-state index contributed by atoms with van der Waals surface area (Å²) in [4.78, 5) is 21.7. The normalized spacial score (nSPS) is 11.2. The molecule has 5 heteroatoms. The van der Waals surface area contributed by atoms with Crippen molar-refractivity contribution in [2.24, 2.45) is 0 Å². The second-order valence-corrected chi connectivity index (χ2v) is 8.78. The average Bonchev–Trinajstić information content (AvgIpc) is 3.25. The van der Waals surface area contributed by atoms with Gasteiger partial charge in [-0.15, -0.1) is 0 Å². The number of aryl methyl sites for hydroxylation is 1. The number of rotatable bonds is 6. The topological polar surface area (TPSA) is 50.7 Å². The number of benzene rings is 3. The van der Waals surface area contributed by atoms with Crippen LogP contribution in [0.25, 0.3) is 22.2 Å². The van der Waals surface area contributed by atoms with Gasteiger partial charge in [0.15, 0.2) is 5.16 Å². The van der Waals surface area contributed by atoms with Crippen molar-refractivity contribution >= 4 is 22.8 Å². The fourth-order valence-corrected chi connectivity index (χ4v) is 4.81. The highest BCUT2D eigenvalue weighted by Crippen LogP contribution is 2.29. The largest absolute Gasteiger partial charge is 0.355 e. The van der Waals surface area contributed by atoms with Crippen LogP contribution in [0.5, 0.6) is 0 Å². The molecular formula is C27H23N3OS. The minimum Gasteiger partial charge on any atom is -0.355 e. The van der Waals surface area contributed by atoms with Gasteiger partial charge in [0.2, 0.25) is 0 Å². The molecule has 2 heterocycles. The van der Waals surface area contributed by atoms with E-state index in [0.717, 1.165) is 33.1 Å². The van der Waals surface area contributed by atoms with Crippen molar-refractivity contribution in [2.45, 2.75) is 24.4 Å². The van der Waals surface area contributed by atoms with Crippen molar-refractivity contribution in [3.8, 4) is 11.1 Å². The van der Waals surface area contributed by atoms with Gasteiger partial charge in [0.25, 0.3) is 5.56 Å². The molecule has 0 saturated carbocycles. The van der Waals surface area contributed by atoms with Crippen LogP contribution in [-0.4, -0.2) is 14.5 Å². The van der Waals surface area contributed by atoms with Gasteiger partial charge in [-0.05, 0) is 23.6 Å². The minimum atomic E-state index is -0.0484. The molecular weight excluding hydrogens is 414 g/mol. The van der Waals surface area contributed by atoms with E-state index in [2.05, 4.69) is 36.2 Å². The summed E-state index contributed by atoms with van der Waals surface area (Å²) in [5.74, 6) is 0.750. The average molecular weight is 438 g/mol. The van der Waals surface area contributed by atoms with Crippen LogP contribution >= 0.6 is 11.8 Å². The van der Waals surface area contributed by atoms with Crippen molar-refractivity contribution in [2.75, 3.05) is 0 Å². The number of H-pyrrole nitrogens is 1. The van der Waals surface area contributed by atoms with E-state index in [4.69, 9.17) is 4.98 Å². The molecule has 2 aromatic heterocycles. The minimum absolute atomic E-state index is 0.0484. The highest BCUT2D eigenvalue weighted by atomic mass is 32.2. The molecule has 0 bridgehead atoms. The molecule has 1 N–H and O–H groups in total. The Balaban J connectivity index is 1.61. The third-order valence-electron chi connectivity index (χ3n) is 5.47. The Morgan fingerprint density at radius 2 is 1.62 bits per heavy atom. The van der Waals surface area contributed by atoms with Crippen molar-refractivity contribution in [3.63, 3.8) is 0 Å². The predicted molar refractivity (Wildman–Crippen MR) is 132 cm³/mol. The molecule has 0 radical (unpaired) electrons. The van der Waals surface area contributed by atoms with Crippen molar-refractivity contribution in [1.29, 1.82) is 0 Å². The molecule has 4 nitrogen and oxygen atoms in total. The number of thioether (sulfide) groups is 1. The molecule has 0 fully saturated rings. The first-order valence-corrected chi connectivity index (χ1v) is 11.6. The monoisotopic (exact) mass is 437 g/mol. The van der Waals surface area contributed by atoms with E-state index in [1.165, 1.54) is 11.1 Å². The van der Waals surface area contributed by atoms with Crippen molar-refractivity contribution in [3.05, 3.63) is 118 Å². The zero-order valence-corrected chi connectivity index (χ0v) is 18.6. The van der Waals surface area contributed by atoms with Crippen LogP contribution < -0.4 is 5.56 Å². The molecule has 0 atom stereocenters. The molecule has 0 saturated heterocycles. The number of hydrogen-bond donors (Lipinski definition) is 1. The third-order valence-corrected chi connectivity index (χ3v) is 6.52. The first-order chi connectivity index (χ1) is 15.7. The lowest BCUT2D eigenvalue weighted by molar-refractivity contribution is 0.657. The van der Waals surface area contributed by atoms with Gasteiger partial charge in [0, 0.05) is 17.5 Å². The fourth-order valence-electron chi connectivity index (χ4n) is 3.88. The number of hydrogen-bond acceptors (Lipinski definition) is 3. The van der Waals surface area contributed by atoms with E-state index < -0.39 is 0 Å². The van der Waals surface area contributed by atoms with Gasteiger partial charge in [0.1, 0.15) is 11.0 Å². The summed E-state index contributed by atoms with van der Waals surface area (Å²) in [7, 11) is 0. The molecule has 0 aliphatic carbocycles. The third kappa shape index (κ3) is 4.12. The zero-order valence-electron chi connectivity index (χ0n) is 17.8. The molecule has 3 aromatic carbocycles. The molecule has 0 unspecified atom stereocenters. The maximum atomic E-state index is 13.5. The van der Waals surface area contributed by atoms with Crippen LogP contribution in [-0.2, 0) is 12.3 Å². The Labute approximate surface area is 191 Å². The van der Waals surface area contributed by atoms with Crippen LogP contribution in [0.3, 0.4) is 0 Å². The lowest BCUT2D eigenvalue weighted by Gasteiger charge is -2.13. The van der Waals surface area contributed by atoms with Crippen LogP contribution in [0, 0.1) is 6.92 Å². The number of aromatic nitrogens is 3. The molecule has 5 aromatic rings. The molecule has 0 amide bonds. The van der Waals surface area contributed by atoms with Crippen molar-refractivity contribution < 1.29 is 0 Å². The maximum absolute atomic E-state index is 13.5. The Kier molecular flexibility index (Phi) is 5.65. The fraction of sp³-hybridized carbons (Fsp3) is 0.111. The van der Waals surface area contributed by atoms with E-state index in [1.54, 1.807) is 16.3 Å². The van der Waals surface area contributed by atoms with Crippen LogP contribution in [0.4, 0.5) is 0 Å². The highest BCUT2D eigenvalue weighted by Gasteiger charge is 2.17. The molecule has 0 aliphatic rings. The summed E-state index contributed by atoms with van der Waals surface area (Å²) < 4.78 is 1.78. The van der Waals surface area contributed by atoms with Crippen LogP contribution in [0.1, 0.15) is 16.7 Å². The van der Waals surface area contributed by atoms with Gasteiger partial charge in [-0.25, -0.2) is 4.98 Å². The molecule has 5 rings (SSSR count). The van der Waals surface area contributed by atoms with Gasteiger partial charge in [-0.3, -0.25) is 9.36 Å². The summed E-state index contributed by atoms with van der Waals surface area (Å²) in [6, 6.07) is 28.6. The summed E-state index contributed by atoms with van der Waals surface area (Å²) >= 11 is 1.60. The number of nitrogens with zero attached hydrogens (tertiary/aromatic N) is 2. The summed E-state index contributed by atoms with van der Waals surface area (Å²) in [6.07, 6.45) is 1.89. The Hall–Kier alpha value is -3.57. The quantitative estimate of drug-likeness (QED) is 0.260. The Morgan fingerprint density at radius 3 is 2.38 bits per heavy atom. The van der Waals surface area contributed by atoms with E-state index >= 15 is 0 Å². The second-order valence-electron chi connectivity index (χ2n) is 7.84. The van der Waals surface area contributed by atoms with Gasteiger partial charge in [0.05, 0.1) is 6.54 Å². The summed E-state index contributed by atoms with van der Waals surface area (Å²) in [6.45, 7) is 2.58. The summed E-state index contributed by atoms with van der Waals surface area (Å²) in [5.41, 5.74) is 6.72. The lowest BCUT2D eigenvalue weighted by atomic mass is 10.1. The van der Waals surface area contributed by atoms with Crippen molar-refractivity contribution in [1.82, 2.24) is 14.5 Å². The first kappa shape index (κ1) is 20.3. The molecule has 158 valence electrons. The van der Waals surface area contributed by atoms with Gasteiger partial charge < -0.3 is 4.98 Å². The number of aromatic amines is 1. The second kappa shape index (κ2) is 8.89. The first-order valence-electron chi connectivity index (χ1n) is 10.6. The lowest BCUT2D eigenvalue weighted by Crippen LogP contribution is -2.24. The van der Waals surface area contributed by atoms with E-state index in [0.29, 0.717) is 12.1 Å².